The molecule has 2 fully saturated rings. The van der Waals surface area contributed by atoms with Crippen LogP contribution in [-0.2, 0) is 10.0 Å². The fourth-order valence-electron chi connectivity index (χ4n) is 3.93. The van der Waals surface area contributed by atoms with Gasteiger partial charge in [-0.1, -0.05) is 25.0 Å². The van der Waals surface area contributed by atoms with Crippen LogP contribution >= 0.6 is 0 Å². The number of piperazine rings is 1. The summed E-state index contributed by atoms with van der Waals surface area (Å²) in [5.74, 6) is 0.817. The fraction of sp³-hybridized carbons (Fsp3) is 0.684. The van der Waals surface area contributed by atoms with Crippen LogP contribution in [0.5, 0.6) is 5.75 Å². The summed E-state index contributed by atoms with van der Waals surface area (Å²) >= 11 is 0. The minimum absolute atomic E-state index is 0.0470. The largest absolute Gasteiger partial charge is 0.497 e. The van der Waals surface area contributed by atoms with Crippen molar-refractivity contribution in [2.45, 2.75) is 37.0 Å². The Morgan fingerprint density at radius 3 is 2.31 bits per heavy atom. The maximum atomic E-state index is 12.6. The van der Waals surface area contributed by atoms with Crippen LogP contribution in [0.2, 0.25) is 0 Å². The van der Waals surface area contributed by atoms with E-state index >= 15 is 0 Å². The van der Waals surface area contributed by atoms with Gasteiger partial charge in [0.05, 0.1) is 12.4 Å². The Kier molecular flexibility index (Phi) is 6.55. The quantitative estimate of drug-likeness (QED) is 0.781. The molecule has 2 aliphatic rings. The highest BCUT2D eigenvalue weighted by atomic mass is 32.2. The molecule has 0 aromatic heterocycles. The number of nitrogens with one attached hydrogen (secondary N) is 1. The topological polar surface area (TPSA) is 61.9 Å². The molecule has 0 radical (unpaired) electrons. The summed E-state index contributed by atoms with van der Waals surface area (Å²) in [6, 6.07) is 8.04. The number of methoxy groups -OCH3 is 1. The van der Waals surface area contributed by atoms with Gasteiger partial charge in [0.1, 0.15) is 5.75 Å². The van der Waals surface area contributed by atoms with Crippen molar-refractivity contribution in [3.05, 3.63) is 29.8 Å². The molecule has 3 rings (SSSR count). The second-order valence-electron chi connectivity index (χ2n) is 7.43. The van der Waals surface area contributed by atoms with E-state index in [0.29, 0.717) is 6.54 Å². The van der Waals surface area contributed by atoms with Crippen LogP contribution in [0.3, 0.4) is 0 Å². The van der Waals surface area contributed by atoms with Gasteiger partial charge in [0.15, 0.2) is 0 Å². The van der Waals surface area contributed by atoms with Gasteiger partial charge in [0.25, 0.3) is 0 Å². The third-order valence-corrected chi connectivity index (χ3v) is 7.62. The van der Waals surface area contributed by atoms with Gasteiger partial charge in [-0.2, -0.15) is 0 Å². The molecule has 26 heavy (non-hydrogen) atoms. The number of likely N-dealkylation sites (N-methyl/N-ethyl adjacent to an activating group) is 1. The van der Waals surface area contributed by atoms with Gasteiger partial charge in [0, 0.05) is 38.8 Å². The molecule has 1 aliphatic heterocycles. The van der Waals surface area contributed by atoms with Gasteiger partial charge < -0.3 is 9.64 Å². The molecule has 0 bridgehead atoms. The van der Waals surface area contributed by atoms with E-state index in [-0.39, 0.29) is 11.3 Å². The summed E-state index contributed by atoms with van der Waals surface area (Å²) in [4.78, 5) is 4.70. The molecule has 1 unspecified atom stereocenters. The number of ether oxygens (including phenoxy) is 1. The van der Waals surface area contributed by atoms with Crippen molar-refractivity contribution in [3.63, 3.8) is 0 Å². The molecule has 1 N–H and O–H groups in total. The van der Waals surface area contributed by atoms with Gasteiger partial charge >= 0.3 is 0 Å². The molecule has 1 aromatic rings. The summed E-state index contributed by atoms with van der Waals surface area (Å²) in [5, 5.41) is -0.216. The molecule has 6 nitrogen and oxygen atoms in total. The van der Waals surface area contributed by atoms with Gasteiger partial charge in [-0.05, 0) is 37.6 Å². The van der Waals surface area contributed by atoms with Crippen molar-refractivity contribution < 1.29 is 13.2 Å². The summed E-state index contributed by atoms with van der Waals surface area (Å²) < 4.78 is 33.5. The Balaban J connectivity index is 1.73. The first-order valence-corrected chi connectivity index (χ1v) is 11.1. The van der Waals surface area contributed by atoms with E-state index in [9.17, 15) is 8.42 Å². The Morgan fingerprint density at radius 2 is 1.73 bits per heavy atom. The summed E-state index contributed by atoms with van der Waals surface area (Å²) in [5.41, 5.74) is 1.13. The van der Waals surface area contributed by atoms with Gasteiger partial charge in [-0.3, -0.25) is 4.90 Å². The third kappa shape index (κ3) is 4.76. The zero-order chi connectivity index (χ0) is 18.6. The lowest BCUT2D eigenvalue weighted by Gasteiger charge is -2.38. The number of hydrogen-bond donors (Lipinski definition) is 1. The van der Waals surface area contributed by atoms with E-state index in [1.54, 1.807) is 7.11 Å². The van der Waals surface area contributed by atoms with Crippen LogP contribution in [0.25, 0.3) is 0 Å². The van der Waals surface area contributed by atoms with Crippen LogP contribution in [0.15, 0.2) is 24.3 Å². The molecule has 0 spiro atoms. The van der Waals surface area contributed by atoms with E-state index in [0.717, 1.165) is 63.2 Å². The maximum Gasteiger partial charge on any atom is 0.214 e. The minimum Gasteiger partial charge on any atom is -0.497 e. The lowest BCUT2D eigenvalue weighted by Crippen LogP contribution is -2.49. The Labute approximate surface area is 157 Å². The van der Waals surface area contributed by atoms with Gasteiger partial charge in [-0.15, -0.1) is 0 Å². The van der Waals surface area contributed by atoms with E-state index in [4.69, 9.17) is 4.74 Å². The Hall–Kier alpha value is -1.15. The van der Waals surface area contributed by atoms with Crippen LogP contribution in [0, 0.1) is 0 Å². The lowest BCUT2D eigenvalue weighted by atomic mass is 10.0. The van der Waals surface area contributed by atoms with Crippen LogP contribution < -0.4 is 9.46 Å². The molecule has 1 aromatic carbocycles. The molecule has 1 atom stereocenters. The molecular weight excluding hydrogens is 350 g/mol. The molecule has 1 saturated carbocycles. The first kappa shape index (κ1) is 19.6. The van der Waals surface area contributed by atoms with E-state index in [1.165, 1.54) is 0 Å². The highest BCUT2D eigenvalue weighted by Gasteiger charge is 2.31. The number of sulfonamides is 1. The summed E-state index contributed by atoms with van der Waals surface area (Å²) in [7, 11) is 0.546. The Morgan fingerprint density at radius 1 is 1.12 bits per heavy atom. The zero-order valence-electron chi connectivity index (χ0n) is 15.9. The predicted octanol–water partition coefficient (Wildman–Crippen LogP) is 1.85. The molecule has 7 heteroatoms. The maximum absolute atomic E-state index is 12.6. The highest BCUT2D eigenvalue weighted by molar-refractivity contribution is 7.90. The van der Waals surface area contributed by atoms with Crippen molar-refractivity contribution >= 4 is 10.0 Å². The second kappa shape index (κ2) is 8.69. The highest BCUT2D eigenvalue weighted by Crippen LogP contribution is 2.27. The number of hydrogen-bond acceptors (Lipinski definition) is 5. The van der Waals surface area contributed by atoms with E-state index < -0.39 is 10.0 Å². The summed E-state index contributed by atoms with van der Waals surface area (Å²) in [6.45, 7) is 4.32. The first-order valence-electron chi connectivity index (χ1n) is 9.54. The number of rotatable bonds is 7. The van der Waals surface area contributed by atoms with Gasteiger partial charge in [-0.25, -0.2) is 13.1 Å². The van der Waals surface area contributed by atoms with Crippen molar-refractivity contribution in [1.29, 1.82) is 0 Å². The lowest BCUT2D eigenvalue weighted by molar-refractivity contribution is 0.113. The molecule has 146 valence electrons. The third-order valence-electron chi connectivity index (χ3n) is 5.70. The van der Waals surface area contributed by atoms with Crippen LogP contribution in [0.4, 0.5) is 0 Å². The smallest absolute Gasteiger partial charge is 0.214 e. The molecule has 1 saturated heterocycles. The minimum atomic E-state index is -3.24. The first-order chi connectivity index (χ1) is 12.5. The van der Waals surface area contributed by atoms with Gasteiger partial charge in [0.2, 0.25) is 10.0 Å². The number of nitrogens with zero attached hydrogens (tertiary/aromatic N) is 2. The average Bonchev–Trinajstić information content (AvgIpc) is 3.19. The van der Waals surface area contributed by atoms with Crippen molar-refractivity contribution in [3.8, 4) is 5.75 Å². The standard InChI is InChI=1S/C19H31N3O3S/c1-21-11-13-22(14-12-21)19(16-7-9-17(25-2)10-8-16)15-20-26(23,24)18-5-3-4-6-18/h7-10,18-20H,3-6,11-15H2,1-2H3. The van der Waals surface area contributed by atoms with Crippen LogP contribution in [0.1, 0.15) is 37.3 Å². The van der Waals surface area contributed by atoms with E-state index in [2.05, 4.69) is 21.6 Å². The van der Waals surface area contributed by atoms with Crippen LogP contribution in [-0.4, -0.2) is 70.3 Å². The second-order valence-corrected chi connectivity index (χ2v) is 9.47. The van der Waals surface area contributed by atoms with Crippen molar-refractivity contribution in [1.82, 2.24) is 14.5 Å². The molecule has 0 amide bonds. The summed E-state index contributed by atoms with van der Waals surface area (Å²) in [6.07, 6.45) is 3.62. The van der Waals surface area contributed by atoms with E-state index in [1.807, 2.05) is 24.3 Å². The zero-order valence-corrected chi connectivity index (χ0v) is 16.7. The fourth-order valence-corrected chi connectivity index (χ4v) is 5.51. The predicted molar refractivity (Wildman–Crippen MR) is 104 cm³/mol. The van der Waals surface area contributed by atoms with Crippen molar-refractivity contribution in [2.24, 2.45) is 0 Å². The number of benzene rings is 1. The Bertz CT molecular complexity index is 664. The molecular formula is C19H31N3O3S. The monoisotopic (exact) mass is 381 g/mol. The van der Waals surface area contributed by atoms with Crippen molar-refractivity contribution in [2.75, 3.05) is 46.9 Å². The molecule has 1 heterocycles. The SMILES string of the molecule is COc1ccc(C(CNS(=O)(=O)C2CCCC2)N2CCN(C)CC2)cc1. The average molecular weight is 382 g/mol. The normalized spacial score (nSPS) is 21.8. The molecule has 1 aliphatic carbocycles.